The quantitative estimate of drug-likeness (QED) is 0.270. The van der Waals surface area contributed by atoms with Crippen molar-refractivity contribution < 1.29 is 19.1 Å². The monoisotopic (exact) mass is 522 g/mol. The van der Waals surface area contributed by atoms with Gasteiger partial charge in [-0.2, -0.15) is 0 Å². The molecule has 1 unspecified atom stereocenters. The molecule has 0 fully saturated rings. The minimum atomic E-state index is -0.435. The van der Waals surface area contributed by atoms with Crippen molar-refractivity contribution in [1.29, 1.82) is 0 Å². The van der Waals surface area contributed by atoms with Gasteiger partial charge in [0.25, 0.3) is 0 Å². The zero-order valence-electron chi connectivity index (χ0n) is 19.7. The minimum Gasteiger partial charge on any atom is -0.481 e. The summed E-state index contributed by atoms with van der Waals surface area (Å²) < 4.78 is 13.0. The summed E-state index contributed by atoms with van der Waals surface area (Å²) in [6.07, 6.45) is -0.389. The number of carbonyl (C=O) groups is 2. The largest absolute Gasteiger partial charge is 0.481 e. The Morgan fingerprint density at radius 2 is 1.97 bits per heavy atom. The maximum Gasteiger partial charge on any atom is 0.341 e. The number of benzene rings is 1. The summed E-state index contributed by atoms with van der Waals surface area (Å²) >= 11 is 8.83. The van der Waals surface area contributed by atoms with Crippen LogP contribution in [0, 0.1) is 13.8 Å². The maximum atomic E-state index is 12.7. The van der Waals surface area contributed by atoms with Crippen molar-refractivity contribution in [1.82, 2.24) is 14.8 Å². The van der Waals surface area contributed by atoms with Crippen LogP contribution in [0.15, 0.2) is 29.4 Å². The van der Waals surface area contributed by atoms with E-state index in [-0.39, 0.29) is 24.4 Å². The van der Waals surface area contributed by atoms with E-state index in [2.05, 4.69) is 15.5 Å². The number of carbonyl (C=O) groups excluding carboxylic acids is 2. The number of hydrogen-bond acceptors (Lipinski definition) is 8. The Kier molecular flexibility index (Phi) is 8.98. The summed E-state index contributed by atoms with van der Waals surface area (Å²) in [5.41, 5.74) is 1.22. The molecular weight excluding hydrogens is 496 g/mol. The molecule has 0 saturated heterocycles. The molecule has 0 spiro atoms. The van der Waals surface area contributed by atoms with Gasteiger partial charge in [0.1, 0.15) is 10.8 Å². The van der Waals surface area contributed by atoms with Gasteiger partial charge in [0.2, 0.25) is 5.91 Å². The van der Waals surface area contributed by atoms with Crippen molar-refractivity contribution >= 4 is 51.6 Å². The van der Waals surface area contributed by atoms with Crippen LogP contribution in [0.4, 0.5) is 5.00 Å². The van der Waals surface area contributed by atoms with E-state index in [9.17, 15) is 9.59 Å². The predicted octanol–water partition coefficient (Wildman–Crippen LogP) is 5.68. The number of thiophene rings is 1. The number of nitrogens with zero attached hydrogens (tertiary/aromatic N) is 3. The van der Waals surface area contributed by atoms with E-state index in [1.54, 1.807) is 19.1 Å². The first-order chi connectivity index (χ1) is 16.3. The summed E-state index contributed by atoms with van der Waals surface area (Å²) in [5.74, 6) is 0.629. The first-order valence-corrected chi connectivity index (χ1v) is 13.0. The molecule has 0 aliphatic rings. The number of halogens is 1. The zero-order valence-corrected chi connectivity index (χ0v) is 22.1. The molecule has 1 aromatic carbocycles. The van der Waals surface area contributed by atoms with Crippen molar-refractivity contribution in [3.63, 3.8) is 0 Å². The van der Waals surface area contributed by atoms with Gasteiger partial charge >= 0.3 is 5.97 Å². The molecule has 34 heavy (non-hydrogen) atoms. The molecule has 1 atom stereocenters. The lowest BCUT2D eigenvalue weighted by molar-refractivity contribution is -0.113. The molecule has 11 heteroatoms. The van der Waals surface area contributed by atoms with Gasteiger partial charge < -0.3 is 19.4 Å². The molecule has 3 rings (SSSR count). The van der Waals surface area contributed by atoms with Crippen LogP contribution >= 0.6 is 34.7 Å². The van der Waals surface area contributed by atoms with Crippen molar-refractivity contribution in [3.8, 4) is 5.75 Å². The van der Waals surface area contributed by atoms with E-state index in [1.807, 2.05) is 44.4 Å². The SMILES string of the molecule is CCOC(=O)c1c(NC(=O)CSc2nnc(C(C)Oc3ccccc3Cl)n2CC)sc(C)c1C. The molecule has 182 valence electrons. The molecule has 1 amide bonds. The van der Waals surface area contributed by atoms with Crippen molar-refractivity contribution in [2.75, 3.05) is 17.7 Å². The predicted molar refractivity (Wildman–Crippen MR) is 135 cm³/mol. The van der Waals surface area contributed by atoms with Crippen LogP contribution in [-0.4, -0.2) is 39.0 Å². The van der Waals surface area contributed by atoms with Gasteiger partial charge in [-0.15, -0.1) is 21.5 Å². The van der Waals surface area contributed by atoms with E-state index in [4.69, 9.17) is 21.1 Å². The van der Waals surface area contributed by atoms with Gasteiger partial charge in [-0.25, -0.2) is 4.79 Å². The second-order valence-electron chi connectivity index (χ2n) is 7.32. The average molecular weight is 523 g/mol. The molecule has 0 bridgehead atoms. The van der Waals surface area contributed by atoms with Crippen LogP contribution in [0.5, 0.6) is 5.75 Å². The first-order valence-electron chi connectivity index (χ1n) is 10.8. The number of anilines is 1. The lowest BCUT2D eigenvalue weighted by Crippen LogP contribution is -2.17. The van der Waals surface area contributed by atoms with E-state index in [0.29, 0.717) is 38.9 Å². The zero-order chi connectivity index (χ0) is 24.8. The average Bonchev–Trinajstić information content (AvgIpc) is 3.34. The number of thioether (sulfide) groups is 1. The molecule has 8 nitrogen and oxygen atoms in total. The van der Waals surface area contributed by atoms with Crippen LogP contribution in [0.3, 0.4) is 0 Å². The molecule has 1 N–H and O–H groups in total. The van der Waals surface area contributed by atoms with E-state index in [1.165, 1.54) is 23.1 Å². The van der Waals surface area contributed by atoms with Gasteiger partial charge in [-0.3, -0.25) is 4.79 Å². The Labute approximate surface area is 212 Å². The number of esters is 1. The highest BCUT2D eigenvalue weighted by Crippen LogP contribution is 2.33. The first kappa shape index (κ1) is 26.1. The Hall–Kier alpha value is -2.56. The van der Waals surface area contributed by atoms with Crippen LogP contribution in [-0.2, 0) is 16.1 Å². The lowest BCUT2D eigenvalue weighted by Gasteiger charge is -2.16. The Morgan fingerprint density at radius 3 is 2.65 bits per heavy atom. The fraction of sp³-hybridized carbons (Fsp3) is 0.391. The molecule has 2 aromatic heterocycles. The van der Waals surface area contributed by atoms with E-state index >= 15 is 0 Å². The van der Waals surface area contributed by atoms with Crippen LogP contribution in [0.1, 0.15) is 53.5 Å². The van der Waals surface area contributed by atoms with Gasteiger partial charge in [0.05, 0.1) is 22.9 Å². The third-order valence-electron chi connectivity index (χ3n) is 5.02. The fourth-order valence-corrected chi connectivity index (χ4v) is 5.30. The molecule has 0 saturated carbocycles. The standard InChI is InChI=1S/C23H27ClN4O4S2/c1-6-28-20(14(4)32-17-11-9-8-10-16(17)24)26-27-23(28)33-12-18(29)25-21-19(22(30)31-7-2)13(3)15(5)34-21/h8-11,14H,6-7,12H2,1-5H3,(H,25,29). The number of para-hydroxylation sites is 1. The van der Waals surface area contributed by atoms with Crippen molar-refractivity contribution in [3.05, 3.63) is 51.1 Å². The third-order valence-corrected chi connectivity index (χ3v) is 7.42. The van der Waals surface area contributed by atoms with Gasteiger partial charge in [-0.05, 0) is 52.3 Å². The van der Waals surface area contributed by atoms with Crippen LogP contribution in [0.25, 0.3) is 0 Å². The number of ether oxygens (including phenoxy) is 2. The molecule has 0 aliphatic heterocycles. The highest BCUT2D eigenvalue weighted by atomic mass is 35.5. The van der Waals surface area contributed by atoms with Crippen LogP contribution < -0.4 is 10.1 Å². The lowest BCUT2D eigenvalue weighted by atomic mass is 10.1. The normalized spacial score (nSPS) is 11.8. The van der Waals surface area contributed by atoms with Crippen molar-refractivity contribution in [2.45, 2.75) is 52.4 Å². The van der Waals surface area contributed by atoms with Crippen LogP contribution in [0.2, 0.25) is 5.02 Å². The number of aryl methyl sites for hydroxylation is 1. The summed E-state index contributed by atoms with van der Waals surface area (Å²) in [6.45, 7) is 10.2. The Morgan fingerprint density at radius 1 is 1.24 bits per heavy atom. The molecule has 0 radical (unpaired) electrons. The Balaban J connectivity index is 1.68. The molecule has 3 aromatic rings. The third kappa shape index (κ3) is 5.92. The molecular formula is C23H27ClN4O4S2. The minimum absolute atomic E-state index is 0.107. The highest BCUT2D eigenvalue weighted by molar-refractivity contribution is 7.99. The summed E-state index contributed by atoms with van der Waals surface area (Å²) in [5, 5.41) is 13.0. The number of rotatable bonds is 10. The number of nitrogens with one attached hydrogen (secondary N) is 1. The van der Waals surface area contributed by atoms with E-state index < -0.39 is 5.97 Å². The van der Waals surface area contributed by atoms with Gasteiger partial charge in [0, 0.05) is 11.4 Å². The smallest absolute Gasteiger partial charge is 0.341 e. The molecule has 2 heterocycles. The summed E-state index contributed by atoms with van der Waals surface area (Å²) in [4.78, 5) is 26.0. The van der Waals surface area contributed by atoms with Gasteiger partial charge in [-0.1, -0.05) is 35.5 Å². The maximum absolute atomic E-state index is 12.7. The van der Waals surface area contributed by atoms with Gasteiger partial charge in [0.15, 0.2) is 17.1 Å². The summed E-state index contributed by atoms with van der Waals surface area (Å²) in [6, 6.07) is 7.24. The molecule has 0 aliphatic carbocycles. The number of hydrogen-bond donors (Lipinski definition) is 1. The highest BCUT2D eigenvalue weighted by Gasteiger charge is 2.23. The topological polar surface area (TPSA) is 95.3 Å². The number of amides is 1. The second kappa shape index (κ2) is 11.7. The fourth-order valence-electron chi connectivity index (χ4n) is 3.25. The summed E-state index contributed by atoms with van der Waals surface area (Å²) in [7, 11) is 0. The van der Waals surface area contributed by atoms with Crippen molar-refractivity contribution in [2.24, 2.45) is 0 Å². The Bertz CT molecular complexity index is 1180. The second-order valence-corrected chi connectivity index (χ2v) is 9.89. The van der Waals surface area contributed by atoms with E-state index in [0.717, 1.165) is 10.4 Å². The number of aromatic nitrogens is 3.